The largest absolute Gasteiger partial charge is 0.376 e. The van der Waals surface area contributed by atoms with Crippen LogP contribution in [-0.4, -0.2) is 43.8 Å². The third kappa shape index (κ3) is 5.42. The molecule has 2 atom stereocenters. The van der Waals surface area contributed by atoms with E-state index >= 15 is 0 Å². The van der Waals surface area contributed by atoms with Gasteiger partial charge in [-0.1, -0.05) is 44.2 Å². The molecule has 1 aliphatic rings. The molecule has 1 fully saturated rings. The van der Waals surface area contributed by atoms with Gasteiger partial charge in [-0.2, -0.15) is 0 Å². The lowest BCUT2D eigenvalue weighted by molar-refractivity contribution is -0.0305. The number of nitrogens with zero attached hydrogens (tertiary/aromatic N) is 1. The maximum Gasteiger partial charge on any atom is 0.0700 e. The van der Waals surface area contributed by atoms with Crippen LogP contribution in [0.15, 0.2) is 30.3 Å². The first-order chi connectivity index (χ1) is 10.3. The highest BCUT2D eigenvalue weighted by molar-refractivity contribution is 5.18. The van der Waals surface area contributed by atoms with Crippen molar-refractivity contribution in [3.8, 4) is 0 Å². The van der Waals surface area contributed by atoms with Crippen LogP contribution in [0.1, 0.15) is 44.7 Å². The van der Waals surface area contributed by atoms with Crippen molar-refractivity contribution in [2.45, 2.75) is 45.3 Å². The smallest absolute Gasteiger partial charge is 0.0700 e. The molecule has 118 valence electrons. The summed E-state index contributed by atoms with van der Waals surface area (Å²) in [7, 11) is 0. The molecule has 1 aromatic carbocycles. The minimum Gasteiger partial charge on any atom is -0.376 e. The monoisotopic (exact) mass is 290 g/mol. The Balaban J connectivity index is 1.86. The SMILES string of the molecule is CCCNC(CCN1CCOC(CC)C1)c1ccccc1. The van der Waals surface area contributed by atoms with Crippen LogP contribution in [0.2, 0.25) is 0 Å². The van der Waals surface area contributed by atoms with Gasteiger partial charge < -0.3 is 10.1 Å². The number of ether oxygens (including phenoxy) is 1. The molecule has 3 nitrogen and oxygen atoms in total. The van der Waals surface area contributed by atoms with E-state index in [9.17, 15) is 0 Å². The van der Waals surface area contributed by atoms with Crippen molar-refractivity contribution in [1.82, 2.24) is 10.2 Å². The lowest BCUT2D eigenvalue weighted by Gasteiger charge is -2.33. The van der Waals surface area contributed by atoms with Gasteiger partial charge in [0, 0.05) is 25.7 Å². The molecule has 0 spiro atoms. The molecule has 1 aliphatic heterocycles. The number of rotatable bonds is 8. The van der Waals surface area contributed by atoms with Gasteiger partial charge in [0.25, 0.3) is 0 Å². The number of nitrogens with one attached hydrogen (secondary N) is 1. The molecule has 3 heteroatoms. The van der Waals surface area contributed by atoms with Crippen molar-refractivity contribution in [3.63, 3.8) is 0 Å². The Morgan fingerprint density at radius 1 is 1.29 bits per heavy atom. The average molecular weight is 290 g/mol. The number of hydrogen-bond donors (Lipinski definition) is 1. The van der Waals surface area contributed by atoms with Gasteiger partial charge in [-0.05, 0) is 31.4 Å². The molecule has 1 N–H and O–H groups in total. The zero-order valence-electron chi connectivity index (χ0n) is 13.6. The summed E-state index contributed by atoms with van der Waals surface area (Å²) in [5.74, 6) is 0. The summed E-state index contributed by atoms with van der Waals surface area (Å²) >= 11 is 0. The van der Waals surface area contributed by atoms with Crippen LogP contribution in [0.3, 0.4) is 0 Å². The number of benzene rings is 1. The van der Waals surface area contributed by atoms with E-state index in [4.69, 9.17) is 4.74 Å². The van der Waals surface area contributed by atoms with E-state index in [1.54, 1.807) is 0 Å². The van der Waals surface area contributed by atoms with Crippen LogP contribution in [0.4, 0.5) is 0 Å². The molecular weight excluding hydrogens is 260 g/mol. The summed E-state index contributed by atoms with van der Waals surface area (Å²) in [6.07, 6.45) is 3.89. The Morgan fingerprint density at radius 2 is 2.10 bits per heavy atom. The van der Waals surface area contributed by atoms with Crippen molar-refractivity contribution in [2.75, 3.05) is 32.8 Å². The summed E-state index contributed by atoms with van der Waals surface area (Å²) in [5.41, 5.74) is 1.41. The molecule has 2 rings (SSSR count). The Morgan fingerprint density at radius 3 is 2.81 bits per heavy atom. The fourth-order valence-corrected chi connectivity index (χ4v) is 2.93. The third-order valence-electron chi connectivity index (χ3n) is 4.25. The van der Waals surface area contributed by atoms with Gasteiger partial charge in [0.1, 0.15) is 0 Å². The molecule has 1 saturated heterocycles. The highest BCUT2D eigenvalue weighted by Gasteiger charge is 2.20. The van der Waals surface area contributed by atoms with Gasteiger partial charge in [-0.3, -0.25) is 4.90 Å². The molecule has 0 saturated carbocycles. The van der Waals surface area contributed by atoms with Crippen molar-refractivity contribution < 1.29 is 4.74 Å². The second kappa shape index (κ2) is 9.19. The number of hydrogen-bond acceptors (Lipinski definition) is 3. The Hall–Kier alpha value is -0.900. The standard InChI is InChI=1S/C18H30N2O/c1-3-11-19-18(16-8-6-5-7-9-16)10-12-20-13-14-21-17(4-2)15-20/h5-9,17-19H,3-4,10-15H2,1-2H3. The van der Waals surface area contributed by atoms with Gasteiger partial charge in [-0.15, -0.1) is 0 Å². The fraction of sp³-hybridized carbons (Fsp3) is 0.667. The van der Waals surface area contributed by atoms with Crippen LogP contribution in [0.5, 0.6) is 0 Å². The van der Waals surface area contributed by atoms with E-state index in [2.05, 4.69) is 54.4 Å². The second-order valence-corrected chi connectivity index (χ2v) is 5.91. The van der Waals surface area contributed by atoms with Crippen molar-refractivity contribution >= 4 is 0 Å². The van der Waals surface area contributed by atoms with Crippen molar-refractivity contribution in [1.29, 1.82) is 0 Å². The highest BCUT2D eigenvalue weighted by Crippen LogP contribution is 2.18. The molecular formula is C18H30N2O. The van der Waals surface area contributed by atoms with Gasteiger partial charge >= 0.3 is 0 Å². The molecule has 0 aliphatic carbocycles. The van der Waals surface area contributed by atoms with Crippen molar-refractivity contribution in [2.24, 2.45) is 0 Å². The quantitative estimate of drug-likeness (QED) is 0.795. The summed E-state index contributed by atoms with van der Waals surface area (Å²) < 4.78 is 5.76. The lowest BCUT2D eigenvalue weighted by atomic mass is 10.0. The van der Waals surface area contributed by atoms with Crippen LogP contribution in [-0.2, 0) is 4.74 Å². The van der Waals surface area contributed by atoms with Crippen LogP contribution < -0.4 is 5.32 Å². The van der Waals surface area contributed by atoms with Crippen LogP contribution >= 0.6 is 0 Å². The minimum absolute atomic E-state index is 0.428. The Kier molecular flexibility index (Phi) is 7.20. The summed E-state index contributed by atoms with van der Waals surface area (Å²) in [6, 6.07) is 11.3. The van der Waals surface area contributed by atoms with E-state index in [-0.39, 0.29) is 0 Å². The summed E-state index contributed by atoms with van der Waals surface area (Å²) in [4.78, 5) is 2.56. The zero-order chi connectivity index (χ0) is 14.9. The van der Waals surface area contributed by atoms with E-state index in [1.807, 2.05) is 0 Å². The third-order valence-corrected chi connectivity index (χ3v) is 4.25. The molecule has 1 aromatic rings. The first-order valence-corrected chi connectivity index (χ1v) is 8.45. The summed E-state index contributed by atoms with van der Waals surface area (Å²) in [5, 5.41) is 3.69. The minimum atomic E-state index is 0.428. The molecule has 21 heavy (non-hydrogen) atoms. The zero-order valence-corrected chi connectivity index (χ0v) is 13.6. The normalized spacial score (nSPS) is 21.3. The Bertz CT molecular complexity index is 382. The Labute approximate surface area is 129 Å². The van der Waals surface area contributed by atoms with E-state index < -0.39 is 0 Å². The maximum absolute atomic E-state index is 5.76. The molecule has 0 aromatic heterocycles. The van der Waals surface area contributed by atoms with Crippen LogP contribution in [0, 0.1) is 0 Å². The first kappa shape index (κ1) is 16.5. The fourth-order valence-electron chi connectivity index (χ4n) is 2.93. The summed E-state index contributed by atoms with van der Waals surface area (Å²) in [6.45, 7) is 9.72. The highest BCUT2D eigenvalue weighted by atomic mass is 16.5. The molecule has 2 unspecified atom stereocenters. The molecule has 0 bridgehead atoms. The van der Waals surface area contributed by atoms with Gasteiger partial charge in [0.15, 0.2) is 0 Å². The van der Waals surface area contributed by atoms with Gasteiger partial charge in [0.2, 0.25) is 0 Å². The van der Waals surface area contributed by atoms with Crippen molar-refractivity contribution in [3.05, 3.63) is 35.9 Å². The predicted molar refractivity (Wildman–Crippen MR) is 88.6 cm³/mol. The number of morpholine rings is 1. The van der Waals surface area contributed by atoms with Crippen LogP contribution in [0.25, 0.3) is 0 Å². The van der Waals surface area contributed by atoms with E-state index in [1.165, 1.54) is 18.4 Å². The first-order valence-electron chi connectivity index (χ1n) is 8.45. The topological polar surface area (TPSA) is 24.5 Å². The van der Waals surface area contributed by atoms with Gasteiger partial charge in [0.05, 0.1) is 12.7 Å². The second-order valence-electron chi connectivity index (χ2n) is 5.91. The van der Waals surface area contributed by atoms with E-state index in [0.717, 1.165) is 39.2 Å². The maximum atomic E-state index is 5.76. The molecule has 0 radical (unpaired) electrons. The average Bonchev–Trinajstić information content (AvgIpc) is 2.56. The van der Waals surface area contributed by atoms with Gasteiger partial charge in [-0.25, -0.2) is 0 Å². The molecule has 0 amide bonds. The van der Waals surface area contributed by atoms with E-state index in [0.29, 0.717) is 12.1 Å². The predicted octanol–water partition coefficient (Wildman–Crippen LogP) is 3.23. The lowest BCUT2D eigenvalue weighted by Crippen LogP contribution is -2.43. The molecule has 1 heterocycles.